The molecule has 3 aliphatic rings. The van der Waals surface area contributed by atoms with E-state index in [1.54, 1.807) is 18.2 Å². The molecule has 2 atom stereocenters. The van der Waals surface area contributed by atoms with Crippen LogP contribution in [0.15, 0.2) is 59.9 Å². The van der Waals surface area contributed by atoms with Gasteiger partial charge in [-0.05, 0) is 41.9 Å². The summed E-state index contributed by atoms with van der Waals surface area (Å²) in [6.07, 6.45) is -2.44. The van der Waals surface area contributed by atoms with Gasteiger partial charge < -0.3 is 15.4 Å². The van der Waals surface area contributed by atoms with E-state index in [1.807, 2.05) is 11.0 Å². The molecule has 2 aliphatic heterocycles. The number of benzene rings is 2. The molecule has 2 aromatic heterocycles. The summed E-state index contributed by atoms with van der Waals surface area (Å²) in [6, 6.07) is 14.6. The highest BCUT2D eigenvalue weighted by Crippen LogP contribution is 2.51. The number of aromatic amines is 2. The molecule has 0 saturated carbocycles. The topological polar surface area (TPSA) is 122 Å². The number of H-pyrrole nitrogens is 2. The Balaban J connectivity index is 1.15. The Morgan fingerprint density at radius 2 is 1.82 bits per heavy atom. The van der Waals surface area contributed by atoms with Gasteiger partial charge in [-0.25, -0.2) is 0 Å². The molecule has 2 aromatic carbocycles. The minimum absolute atomic E-state index is 0.0100. The fraction of sp³-hybridized carbons (Fsp3) is 0.321. The molecule has 0 radical (unpaired) electrons. The summed E-state index contributed by atoms with van der Waals surface area (Å²) in [5.41, 5.74) is 9.60. The Kier molecular flexibility index (Phi) is 5.20. The molecule has 200 valence electrons. The number of anilines is 1. The normalized spacial score (nSPS) is 22.9. The number of aromatic nitrogens is 4. The second kappa shape index (κ2) is 8.45. The van der Waals surface area contributed by atoms with Gasteiger partial charge in [0.1, 0.15) is 17.2 Å². The minimum atomic E-state index is -3.86. The highest BCUT2D eigenvalue weighted by Gasteiger charge is 2.47. The Morgan fingerprint density at radius 1 is 1.10 bits per heavy atom. The number of nitrogens with zero attached hydrogens (tertiary/aromatic N) is 3. The SMILES string of the molecule is C=C(c1[nH]nc2nc(N3CCC4(CC3)Cc3ccccc3[C@H]4N)[nH]c(=O)c12)[C@@H]1OC(F)(F)Oc2ccccc21. The van der Waals surface area contributed by atoms with Crippen LogP contribution in [0.5, 0.6) is 5.75 Å². The van der Waals surface area contributed by atoms with E-state index >= 15 is 0 Å². The van der Waals surface area contributed by atoms with Crippen LogP contribution in [-0.4, -0.2) is 39.5 Å². The fourth-order valence-corrected chi connectivity index (χ4v) is 6.30. The number of para-hydroxylation sites is 1. The third kappa shape index (κ3) is 3.75. The van der Waals surface area contributed by atoms with Crippen molar-refractivity contribution < 1.29 is 18.3 Å². The van der Waals surface area contributed by atoms with Crippen molar-refractivity contribution >= 4 is 22.6 Å². The third-order valence-corrected chi connectivity index (χ3v) is 8.39. The average Bonchev–Trinajstić information content (AvgIpc) is 3.47. The van der Waals surface area contributed by atoms with E-state index < -0.39 is 18.0 Å². The van der Waals surface area contributed by atoms with Gasteiger partial charge in [-0.2, -0.15) is 10.1 Å². The quantitative estimate of drug-likeness (QED) is 0.361. The maximum atomic E-state index is 14.2. The van der Waals surface area contributed by atoms with Gasteiger partial charge in [-0.1, -0.05) is 49.0 Å². The van der Waals surface area contributed by atoms with Gasteiger partial charge in [0.15, 0.2) is 5.65 Å². The predicted octanol–water partition coefficient (Wildman–Crippen LogP) is 4.20. The minimum Gasteiger partial charge on any atom is -0.409 e. The van der Waals surface area contributed by atoms with Gasteiger partial charge in [-0.3, -0.25) is 19.6 Å². The van der Waals surface area contributed by atoms with E-state index in [-0.39, 0.29) is 39.5 Å². The third-order valence-electron chi connectivity index (χ3n) is 8.39. The number of piperidine rings is 1. The highest BCUT2D eigenvalue weighted by atomic mass is 19.3. The van der Waals surface area contributed by atoms with Crippen molar-refractivity contribution in [1.82, 2.24) is 20.2 Å². The van der Waals surface area contributed by atoms with Crippen LogP contribution in [0.1, 0.15) is 47.4 Å². The van der Waals surface area contributed by atoms with Gasteiger partial charge in [-0.15, -0.1) is 8.78 Å². The first kappa shape index (κ1) is 24.0. The summed E-state index contributed by atoms with van der Waals surface area (Å²) in [5, 5.41) is 7.10. The van der Waals surface area contributed by atoms with Crippen molar-refractivity contribution in [3.05, 3.63) is 87.8 Å². The van der Waals surface area contributed by atoms with Crippen LogP contribution in [0, 0.1) is 5.41 Å². The molecule has 1 saturated heterocycles. The Bertz CT molecular complexity index is 1670. The number of nitrogens with two attached hydrogens (primary N) is 1. The molecular weight excluding hydrogens is 506 g/mol. The van der Waals surface area contributed by atoms with E-state index in [1.165, 1.54) is 17.2 Å². The fourth-order valence-electron chi connectivity index (χ4n) is 6.30. The number of ether oxygens (including phenoxy) is 2. The zero-order valence-corrected chi connectivity index (χ0v) is 20.9. The molecule has 4 heterocycles. The smallest absolute Gasteiger partial charge is 0.409 e. The lowest BCUT2D eigenvalue weighted by Gasteiger charge is -2.42. The molecule has 9 nitrogen and oxygen atoms in total. The van der Waals surface area contributed by atoms with Crippen LogP contribution >= 0.6 is 0 Å². The van der Waals surface area contributed by atoms with E-state index in [0.29, 0.717) is 24.6 Å². The standard InChI is InChI=1S/C28H26F2N6O3/c1-15(22-18-8-4-5-9-19(18)38-28(29,30)39-22)21-20-24(35-34-21)32-26(33-25(20)37)36-12-10-27(11-13-36)14-16-6-2-3-7-17(16)23(27)31/h2-9,22-23H,1,10-14,31H2,(H2,32,33,34,35,37)/t22-,23+/m0/s1. The summed E-state index contributed by atoms with van der Waals surface area (Å²) in [4.78, 5) is 22.8. The van der Waals surface area contributed by atoms with Crippen molar-refractivity contribution in [2.45, 2.75) is 37.7 Å². The number of hydrogen-bond donors (Lipinski definition) is 3. The van der Waals surface area contributed by atoms with E-state index in [9.17, 15) is 13.6 Å². The number of fused-ring (bicyclic) bond motifs is 3. The Labute approximate surface area is 221 Å². The van der Waals surface area contributed by atoms with E-state index in [2.05, 4.69) is 49.7 Å². The average molecular weight is 533 g/mol. The zero-order chi connectivity index (χ0) is 26.9. The summed E-state index contributed by atoms with van der Waals surface area (Å²) in [6.45, 7) is 5.33. The number of halogens is 2. The molecule has 7 rings (SSSR count). The van der Waals surface area contributed by atoms with Crippen molar-refractivity contribution in [2.24, 2.45) is 11.1 Å². The Morgan fingerprint density at radius 3 is 2.59 bits per heavy atom. The molecule has 0 amide bonds. The van der Waals surface area contributed by atoms with Gasteiger partial charge in [0.25, 0.3) is 5.56 Å². The second-order valence-electron chi connectivity index (χ2n) is 10.5. The molecule has 4 aromatic rings. The molecule has 11 heteroatoms. The summed E-state index contributed by atoms with van der Waals surface area (Å²) in [7, 11) is 0. The van der Waals surface area contributed by atoms with Crippen molar-refractivity contribution in [3.8, 4) is 5.75 Å². The maximum absolute atomic E-state index is 14.2. The molecular formula is C28H26F2N6O3. The number of alkyl halides is 2. The van der Waals surface area contributed by atoms with Crippen LogP contribution in [0.4, 0.5) is 14.7 Å². The van der Waals surface area contributed by atoms with Crippen molar-refractivity contribution in [1.29, 1.82) is 0 Å². The van der Waals surface area contributed by atoms with Crippen LogP contribution in [-0.2, 0) is 11.2 Å². The van der Waals surface area contributed by atoms with Crippen molar-refractivity contribution in [3.63, 3.8) is 0 Å². The van der Waals surface area contributed by atoms with Gasteiger partial charge in [0.2, 0.25) is 5.95 Å². The predicted molar refractivity (Wildman–Crippen MR) is 140 cm³/mol. The number of hydrogen-bond acceptors (Lipinski definition) is 7. The molecule has 0 unspecified atom stereocenters. The number of rotatable bonds is 3. The van der Waals surface area contributed by atoms with Gasteiger partial charge >= 0.3 is 6.29 Å². The van der Waals surface area contributed by atoms with Gasteiger partial charge in [0, 0.05) is 30.3 Å². The molecule has 0 bridgehead atoms. The molecule has 1 fully saturated rings. The van der Waals surface area contributed by atoms with E-state index in [0.717, 1.165) is 19.3 Å². The lowest BCUT2D eigenvalue weighted by atomic mass is 9.73. The summed E-state index contributed by atoms with van der Waals surface area (Å²) >= 11 is 0. The van der Waals surface area contributed by atoms with Crippen LogP contribution in [0.2, 0.25) is 0 Å². The lowest BCUT2D eigenvalue weighted by Crippen LogP contribution is -2.45. The molecule has 1 spiro atoms. The first-order chi connectivity index (χ1) is 18.7. The second-order valence-corrected chi connectivity index (χ2v) is 10.5. The van der Waals surface area contributed by atoms with Crippen LogP contribution in [0.3, 0.4) is 0 Å². The Hall–Kier alpha value is -4.09. The first-order valence-corrected chi connectivity index (χ1v) is 12.8. The summed E-state index contributed by atoms with van der Waals surface area (Å²) in [5.74, 6) is 0.389. The highest BCUT2D eigenvalue weighted by molar-refractivity contribution is 5.89. The zero-order valence-electron chi connectivity index (χ0n) is 20.9. The van der Waals surface area contributed by atoms with Crippen molar-refractivity contribution in [2.75, 3.05) is 18.0 Å². The molecule has 4 N–H and O–H groups in total. The van der Waals surface area contributed by atoms with Gasteiger partial charge in [0.05, 0.1) is 5.69 Å². The van der Waals surface area contributed by atoms with Crippen LogP contribution < -0.4 is 20.9 Å². The van der Waals surface area contributed by atoms with Crippen LogP contribution in [0.25, 0.3) is 16.6 Å². The summed E-state index contributed by atoms with van der Waals surface area (Å²) < 4.78 is 38.0. The largest absolute Gasteiger partial charge is 0.536 e. The lowest BCUT2D eigenvalue weighted by molar-refractivity contribution is -0.374. The molecule has 1 aliphatic carbocycles. The molecule has 39 heavy (non-hydrogen) atoms. The number of nitrogens with one attached hydrogen (secondary N) is 2. The maximum Gasteiger partial charge on any atom is 0.536 e. The van der Waals surface area contributed by atoms with E-state index in [4.69, 9.17) is 10.5 Å². The first-order valence-electron chi connectivity index (χ1n) is 12.8. The monoisotopic (exact) mass is 532 g/mol.